The fourth-order valence-electron chi connectivity index (χ4n) is 2.35. The van der Waals surface area contributed by atoms with Crippen molar-refractivity contribution in [2.45, 2.75) is 24.6 Å². The highest BCUT2D eigenvalue weighted by atomic mass is 19.4. The van der Waals surface area contributed by atoms with Gasteiger partial charge in [0.1, 0.15) is 5.82 Å². The van der Waals surface area contributed by atoms with E-state index in [0.717, 1.165) is 6.07 Å². The molecule has 2 rings (SSSR count). The van der Waals surface area contributed by atoms with Crippen molar-refractivity contribution in [1.29, 1.82) is 0 Å². The number of rotatable bonds is 3. The van der Waals surface area contributed by atoms with Crippen molar-refractivity contribution in [2.24, 2.45) is 0 Å². The molecule has 112 valence electrons. The summed E-state index contributed by atoms with van der Waals surface area (Å²) in [6, 6.07) is 2.25. The molecule has 20 heavy (non-hydrogen) atoms. The van der Waals surface area contributed by atoms with Crippen LogP contribution in [0.15, 0.2) is 18.3 Å². The van der Waals surface area contributed by atoms with Crippen molar-refractivity contribution in [3.63, 3.8) is 0 Å². The van der Waals surface area contributed by atoms with Crippen molar-refractivity contribution >= 4 is 5.82 Å². The first-order chi connectivity index (χ1) is 9.32. The van der Waals surface area contributed by atoms with Gasteiger partial charge in [-0.15, -0.1) is 0 Å². The molecule has 0 aromatic carbocycles. The van der Waals surface area contributed by atoms with Gasteiger partial charge in [-0.3, -0.25) is 0 Å². The van der Waals surface area contributed by atoms with Crippen molar-refractivity contribution in [3.8, 4) is 0 Å². The van der Waals surface area contributed by atoms with Crippen molar-refractivity contribution in [1.82, 2.24) is 4.98 Å². The Bertz CT molecular complexity index is 459. The van der Waals surface area contributed by atoms with Gasteiger partial charge >= 0.3 is 6.18 Å². The highest BCUT2D eigenvalue weighted by Crippen LogP contribution is 2.35. The Balaban J connectivity index is 2.19. The van der Waals surface area contributed by atoms with E-state index in [2.05, 4.69) is 4.98 Å². The number of aliphatic hydroxyl groups is 1. The molecular formula is C13H17F3N2O2. The molecule has 1 aromatic rings. The van der Waals surface area contributed by atoms with Gasteiger partial charge in [0.15, 0.2) is 0 Å². The summed E-state index contributed by atoms with van der Waals surface area (Å²) in [5, 5.41) is 10.4. The van der Waals surface area contributed by atoms with Crippen LogP contribution in [0, 0.1) is 0 Å². The molecule has 1 aliphatic heterocycles. The topological polar surface area (TPSA) is 45.6 Å². The van der Waals surface area contributed by atoms with E-state index in [1.165, 1.54) is 24.2 Å². The fraction of sp³-hybridized carbons (Fsp3) is 0.615. The van der Waals surface area contributed by atoms with Gasteiger partial charge in [-0.05, 0) is 12.1 Å². The van der Waals surface area contributed by atoms with Gasteiger partial charge in [0, 0.05) is 45.8 Å². The summed E-state index contributed by atoms with van der Waals surface area (Å²) in [7, 11) is 1.50. The summed E-state index contributed by atoms with van der Waals surface area (Å²) in [5.74, 6) is -0.167. The number of halogens is 3. The van der Waals surface area contributed by atoms with Gasteiger partial charge in [0.05, 0.1) is 11.2 Å². The first-order valence-electron chi connectivity index (χ1n) is 6.35. The Labute approximate surface area is 115 Å². The number of nitrogens with zero attached hydrogens (tertiary/aromatic N) is 2. The van der Waals surface area contributed by atoms with Gasteiger partial charge in [-0.25, -0.2) is 4.98 Å². The van der Waals surface area contributed by atoms with E-state index in [0.29, 0.717) is 26.1 Å². The Morgan fingerprint density at radius 3 is 2.65 bits per heavy atom. The molecule has 1 aliphatic rings. The minimum Gasteiger partial charge on any atom is -0.388 e. The van der Waals surface area contributed by atoms with E-state index >= 15 is 0 Å². The average molecular weight is 290 g/mol. The molecular weight excluding hydrogens is 273 g/mol. The molecule has 0 amide bonds. The van der Waals surface area contributed by atoms with Crippen molar-refractivity contribution < 1.29 is 23.0 Å². The maximum absolute atomic E-state index is 12.9. The zero-order valence-electron chi connectivity index (χ0n) is 11.2. The molecule has 1 fully saturated rings. The predicted molar refractivity (Wildman–Crippen MR) is 67.5 cm³/mol. The lowest BCUT2D eigenvalue weighted by atomic mass is 9.94. The number of hydrogen-bond acceptors (Lipinski definition) is 4. The Morgan fingerprint density at radius 1 is 1.40 bits per heavy atom. The Kier molecular flexibility index (Phi) is 4.19. The number of ether oxygens (including phenoxy) is 1. The molecule has 0 saturated carbocycles. The first-order valence-corrected chi connectivity index (χ1v) is 6.35. The summed E-state index contributed by atoms with van der Waals surface area (Å²) in [6.45, 7) is 0.924. The zero-order chi connectivity index (χ0) is 14.8. The van der Waals surface area contributed by atoms with Gasteiger partial charge in [0.25, 0.3) is 0 Å². The highest BCUT2D eigenvalue weighted by Gasteiger charge is 2.37. The number of likely N-dealkylation sites (N-methyl/N-ethyl adjacent to an activating group) is 1. The molecule has 1 saturated heterocycles. The molecule has 4 nitrogen and oxygen atoms in total. The molecule has 1 aromatic heterocycles. The Morgan fingerprint density at radius 2 is 2.05 bits per heavy atom. The van der Waals surface area contributed by atoms with Gasteiger partial charge in [-0.2, -0.15) is 13.2 Å². The molecule has 0 bridgehead atoms. The number of alkyl halides is 3. The third kappa shape index (κ3) is 3.40. The zero-order valence-corrected chi connectivity index (χ0v) is 11.2. The van der Waals surface area contributed by atoms with Gasteiger partial charge in [-0.1, -0.05) is 0 Å². The molecule has 0 atom stereocenters. The standard InChI is InChI=1S/C13H17F3N2O2/c1-18(9-12(19)4-7-20-8-5-12)11-10(13(14,15)16)3-2-6-17-11/h2-3,6,19H,4-5,7-9H2,1H3. The highest BCUT2D eigenvalue weighted by molar-refractivity contribution is 5.48. The second-order valence-electron chi connectivity index (χ2n) is 5.07. The third-order valence-electron chi connectivity index (χ3n) is 3.41. The Hall–Kier alpha value is -1.34. The predicted octanol–water partition coefficient (Wildman–Crippen LogP) is 2.08. The maximum atomic E-state index is 12.9. The number of aromatic nitrogens is 1. The summed E-state index contributed by atoms with van der Waals surface area (Å²) < 4.78 is 44.0. The summed E-state index contributed by atoms with van der Waals surface area (Å²) >= 11 is 0. The van der Waals surface area contributed by atoms with Crippen LogP contribution in [0.2, 0.25) is 0 Å². The molecule has 0 radical (unpaired) electrons. The van der Waals surface area contributed by atoms with Crippen LogP contribution in [0.5, 0.6) is 0 Å². The van der Waals surface area contributed by atoms with E-state index in [1.54, 1.807) is 0 Å². The molecule has 0 spiro atoms. The maximum Gasteiger partial charge on any atom is 0.419 e. The lowest BCUT2D eigenvalue weighted by Gasteiger charge is -2.36. The molecule has 2 heterocycles. The van der Waals surface area contributed by atoms with Crippen LogP contribution < -0.4 is 4.90 Å². The molecule has 0 aliphatic carbocycles. The number of anilines is 1. The van der Waals surface area contributed by atoms with Crippen molar-refractivity contribution in [2.75, 3.05) is 31.7 Å². The van der Waals surface area contributed by atoms with Crippen molar-refractivity contribution in [3.05, 3.63) is 23.9 Å². The molecule has 1 N–H and O–H groups in total. The van der Waals surface area contributed by atoms with Crippen LogP contribution in [-0.2, 0) is 10.9 Å². The summed E-state index contributed by atoms with van der Waals surface area (Å²) in [4.78, 5) is 5.16. The molecule has 7 heteroatoms. The monoisotopic (exact) mass is 290 g/mol. The van der Waals surface area contributed by atoms with Gasteiger partial charge in [0.2, 0.25) is 0 Å². The second kappa shape index (κ2) is 5.57. The largest absolute Gasteiger partial charge is 0.419 e. The van der Waals surface area contributed by atoms with Gasteiger partial charge < -0.3 is 14.7 Å². The molecule has 0 unspecified atom stereocenters. The summed E-state index contributed by atoms with van der Waals surface area (Å²) in [5.41, 5.74) is -1.83. The van der Waals surface area contributed by atoms with E-state index < -0.39 is 17.3 Å². The third-order valence-corrected chi connectivity index (χ3v) is 3.41. The lowest BCUT2D eigenvalue weighted by molar-refractivity contribution is -0.137. The first kappa shape index (κ1) is 15.1. The van der Waals surface area contributed by atoms with E-state index in [1.807, 2.05) is 0 Å². The fourth-order valence-corrected chi connectivity index (χ4v) is 2.35. The number of hydrogen-bond donors (Lipinski definition) is 1. The normalized spacial score (nSPS) is 18.9. The SMILES string of the molecule is CN(CC1(O)CCOCC1)c1ncccc1C(F)(F)F. The van der Waals surface area contributed by atoms with Crippen LogP contribution in [0.25, 0.3) is 0 Å². The number of pyridine rings is 1. The lowest BCUT2D eigenvalue weighted by Crippen LogP contribution is -2.46. The van der Waals surface area contributed by atoms with E-state index in [4.69, 9.17) is 4.74 Å². The second-order valence-corrected chi connectivity index (χ2v) is 5.07. The van der Waals surface area contributed by atoms with E-state index in [-0.39, 0.29) is 12.4 Å². The van der Waals surface area contributed by atoms with Crippen LogP contribution in [-0.4, -0.2) is 42.5 Å². The minimum atomic E-state index is -4.46. The quantitative estimate of drug-likeness (QED) is 0.926. The van der Waals surface area contributed by atoms with E-state index in [9.17, 15) is 18.3 Å². The summed E-state index contributed by atoms with van der Waals surface area (Å²) in [6.07, 6.45) is -2.33. The minimum absolute atomic E-state index is 0.0937. The van der Waals surface area contributed by atoms with Crippen LogP contribution in [0.4, 0.5) is 19.0 Å². The smallest absolute Gasteiger partial charge is 0.388 e. The average Bonchev–Trinajstić information content (AvgIpc) is 2.38. The van der Waals surface area contributed by atoms with Crippen LogP contribution >= 0.6 is 0 Å². The van der Waals surface area contributed by atoms with Crippen LogP contribution in [0.1, 0.15) is 18.4 Å². The van der Waals surface area contributed by atoms with Crippen LogP contribution in [0.3, 0.4) is 0 Å².